The quantitative estimate of drug-likeness (QED) is 0.357. The van der Waals surface area contributed by atoms with Crippen molar-refractivity contribution in [1.29, 1.82) is 0 Å². The standard InChI is InChI=1S/C33H42BrClN4O4/c1-21-6-8-27(16-30(21)35)39(33(42)43-28-10-14-37(15-11-28)24(4)40)13-5-12-36-17-25-19-38(20-26(25)18-36)32(41)31-22(2)7-9-29(34)23(31)3/h6-9,16,25-26,28H,5,10-15,17-20H2,1-4H3. The molecule has 3 aliphatic heterocycles. The average Bonchev–Trinajstić information content (AvgIpc) is 3.54. The molecule has 3 amide bonds. The molecular weight excluding hydrogens is 632 g/mol. The van der Waals surface area contributed by atoms with Crippen LogP contribution < -0.4 is 4.90 Å². The molecule has 5 rings (SSSR count). The van der Waals surface area contributed by atoms with Gasteiger partial charge in [0, 0.05) is 86.3 Å². The summed E-state index contributed by atoms with van der Waals surface area (Å²) < 4.78 is 6.90. The molecule has 3 heterocycles. The molecule has 10 heteroatoms. The van der Waals surface area contributed by atoms with Crippen molar-refractivity contribution >= 4 is 51.1 Å². The summed E-state index contributed by atoms with van der Waals surface area (Å²) in [6, 6.07) is 9.68. The second-order valence-corrected chi connectivity index (χ2v) is 13.6. The maximum atomic E-state index is 13.4. The summed E-state index contributed by atoms with van der Waals surface area (Å²) in [7, 11) is 0. The number of piperidine rings is 1. The minimum Gasteiger partial charge on any atom is -0.446 e. The van der Waals surface area contributed by atoms with E-state index in [-0.39, 0.29) is 24.0 Å². The van der Waals surface area contributed by atoms with E-state index < -0.39 is 0 Å². The lowest BCUT2D eigenvalue weighted by Gasteiger charge is -2.32. The highest BCUT2D eigenvalue weighted by Gasteiger charge is 2.42. The molecule has 8 nitrogen and oxygen atoms in total. The summed E-state index contributed by atoms with van der Waals surface area (Å²) in [5.74, 6) is 1.12. The van der Waals surface area contributed by atoms with Gasteiger partial charge in [0.15, 0.2) is 0 Å². The number of fused-ring (bicyclic) bond motifs is 1. The highest BCUT2D eigenvalue weighted by atomic mass is 79.9. The molecule has 0 bridgehead atoms. The number of ether oxygens (including phenoxy) is 1. The van der Waals surface area contributed by atoms with Gasteiger partial charge in [0.05, 0.1) is 0 Å². The zero-order valence-electron chi connectivity index (χ0n) is 25.6. The Morgan fingerprint density at radius 2 is 1.60 bits per heavy atom. The third kappa shape index (κ3) is 7.21. The van der Waals surface area contributed by atoms with E-state index in [2.05, 4.69) is 20.8 Å². The topological polar surface area (TPSA) is 73.4 Å². The molecule has 0 N–H and O–H groups in total. The summed E-state index contributed by atoms with van der Waals surface area (Å²) in [6.07, 6.45) is 1.50. The molecule has 3 saturated heterocycles. The van der Waals surface area contributed by atoms with Gasteiger partial charge < -0.3 is 19.4 Å². The fourth-order valence-corrected chi connectivity index (χ4v) is 7.28. The van der Waals surface area contributed by atoms with Crippen molar-refractivity contribution in [3.05, 3.63) is 62.1 Å². The Bertz CT molecular complexity index is 1360. The zero-order chi connectivity index (χ0) is 30.8. The first-order chi connectivity index (χ1) is 20.5. The van der Waals surface area contributed by atoms with E-state index in [1.165, 1.54) is 0 Å². The van der Waals surface area contributed by atoms with Gasteiger partial charge >= 0.3 is 6.09 Å². The highest BCUT2D eigenvalue weighted by Crippen LogP contribution is 2.34. The van der Waals surface area contributed by atoms with Gasteiger partial charge in [-0.05, 0) is 80.5 Å². The van der Waals surface area contributed by atoms with Gasteiger partial charge in [-0.3, -0.25) is 14.5 Å². The maximum Gasteiger partial charge on any atom is 0.414 e. The third-order valence-electron chi connectivity index (χ3n) is 9.37. The van der Waals surface area contributed by atoms with Crippen molar-refractivity contribution in [2.24, 2.45) is 11.8 Å². The number of likely N-dealkylation sites (tertiary alicyclic amines) is 3. The Balaban J connectivity index is 1.15. The van der Waals surface area contributed by atoms with E-state index in [1.54, 1.807) is 16.7 Å². The first kappa shape index (κ1) is 31.8. The van der Waals surface area contributed by atoms with Crippen LogP contribution in [0.15, 0.2) is 34.8 Å². The van der Waals surface area contributed by atoms with Crippen LogP contribution in [-0.2, 0) is 9.53 Å². The first-order valence-electron chi connectivity index (χ1n) is 15.3. The predicted molar refractivity (Wildman–Crippen MR) is 173 cm³/mol. The lowest BCUT2D eigenvalue weighted by molar-refractivity contribution is -0.130. The molecule has 2 atom stereocenters. The fourth-order valence-electron chi connectivity index (χ4n) is 6.77. The van der Waals surface area contributed by atoms with Gasteiger partial charge in [0.25, 0.3) is 5.91 Å². The number of rotatable bonds is 7. The molecule has 232 valence electrons. The molecular formula is C33H42BrClN4O4. The second kappa shape index (κ2) is 13.6. The van der Waals surface area contributed by atoms with Crippen molar-refractivity contribution in [1.82, 2.24) is 14.7 Å². The Hall–Kier alpha value is -2.62. The summed E-state index contributed by atoms with van der Waals surface area (Å²) in [6.45, 7) is 13.6. The van der Waals surface area contributed by atoms with Crippen LogP contribution in [0.25, 0.3) is 0 Å². The van der Waals surface area contributed by atoms with Crippen molar-refractivity contribution in [2.45, 2.75) is 53.1 Å². The monoisotopic (exact) mass is 672 g/mol. The Morgan fingerprint density at radius 1 is 0.953 bits per heavy atom. The highest BCUT2D eigenvalue weighted by molar-refractivity contribution is 9.10. The van der Waals surface area contributed by atoms with Crippen LogP contribution in [0, 0.1) is 32.6 Å². The minimum atomic E-state index is -0.369. The third-order valence-corrected chi connectivity index (χ3v) is 10.6. The van der Waals surface area contributed by atoms with Crippen LogP contribution in [0.2, 0.25) is 5.02 Å². The molecule has 43 heavy (non-hydrogen) atoms. The molecule has 0 saturated carbocycles. The number of carbonyl (C=O) groups excluding carboxylic acids is 3. The number of aryl methyl sites for hydroxylation is 2. The van der Waals surface area contributed by atoms with E-state index in [1.807, 2.05) is 56.0 Å². The van der Waals surface area contributed by atoms with Crippen LogP contribution >= 0.6 is 27.5 Å². The molecule has 2 aromatic rings. The Labute approximate surface area is 268 Å². The number of nitrogens with zero attached hydrogens (tertiary/aromatic N) is 4. The van der Waals surface area contributed by atoms with E-state index in [4.69, 9.17) is 16.3 Å². The predicted octanol–water partition coefficient (Wildman–Crippen LogP) is 6.08. The average molecular weight is 674 g/mol. The fraction of sp³-hybridized carbons (Fsp3) is 0.545. The van der Waals surface area contributed by atoms with Crippen LogP contribution in [0.4, 0.5) is 10.5 Å². The minimum absolute atomic E-state index is 0.0562. The molecule has 0 aliphatic carbocycles. The van der Waals surface area contributed by atoms with E-state index >= 15 is 0 Å². The Kier molecular flexibility index (Phi) is 10.0. The molecule has 3 fully saturated rings. The summed E-state index contributed by atoms with van der Waals surface area (Å²) in [5.41, 5.74) is 4.52. The SMILES string of the molecule is CC(=O)N1CCC(OC(=O)N(CCCN2CC3CN(C(=O)c4c(C)ccc(Br)c4C)CC3C2)c2ccc(C)c(Cl)c2)CC1. The van der Waals surface area contributed by atoms with Crippen molar-refractivity contribution in [3.8, 4) is 0 Å². The largest absolute Gasteiger partial charge is 0.446 e. The van der Waals surface area contributed by atoms with Gasteiger partial charge in [-0.25, -0.2) is 4.79 Å². The Morgan fingerprint density at radius 3 is 2.23 bits per heavy atom. The van der Waals surface area contributed by atoms with Gasteiger partial charge in [0.1, 0.15) is 6.10 Å². The van der Waals surface area contributed by atoms with Crippen molar-refractivity contribution in [3.63, 3.8) is 0 Å². The zero-order valence-corrected chi connectivity index (χ0v) is 27.9. The lowest BCUT2D eigenvalue weighted by atomic mass is 10.0. The molecule has 2 unspecified atom stereocenters. The number of benzene rings is 2. The molecule has 2 aromatic carbocycles. The summed E-state index contributed by atoms with van der Waals surface area (Å²) >= 11 is 10.0. The van der Waals surface area contributed by atoms with E-state index in [0.717, 1.165) is 71.6 Å². The van der Waals surface area contributed by atoms with Gasteiger partial charge in [-0.2, -0.15) is 0 Å². The number of anilines is 1. The number of carbonyl (C=O) groups is 3. The lowest BCUT2D eigenvalue weighted by Crippen LogP contribution is -2.43. The van der Waals surface area contributed by atoms with Gasteiger partial charge in [-0.1, -0.05) is 39.7 Å². The van der Waals surface area contributed by atoms with Gasteiger partial charge in [0.2, 0.25) is 5.91 Å². The first-order valence-corrected chi connectivity index (χ1v) is 16.5. The molecule has 3 aliphatic rings. The molecule has 0 aromatic heterocycles. The molecule has 0 spiro atoms. The van der Waals surface area contributed by atoms with Crippen LogP contribution in [0.5, 0.6) is 0 Å². The van der Waals surface area contributed by atoms with Crippen molar-refractivity contribution < 1.29 is 19.1 Å². The summed E-state index contributed by atoms with van der Waals surface area (Å²) in [5, 5.41) is 0.616. The number of hydrogen-bond donors (Lipinski definition) is 0. The van der Waals surface area contributed by atoms with Crippen LogP contribution in [-0.4, -0.2) is 91.1 Å². The van der Waals surface area contributed by atoms with E-state index in [0.29, 0.717) is 49.3 Å². The number of hydrogen-bond acceptors (Lipinski definition) is 5. The van der Waals surface area contributed by atoms with Crippen molar-refractivity contribution in [2.75, 3.05) is 57.3 Å². The van der Waals surface area contributed by atoms with Crippen LogP contribution in [0.1, 0.15) is 53.2 Å². The normalized spacial score (nSPS) is 20.8. The second-order valence-electron chi connectivity index (χ2n) is 12.4. The maximum absolute atomic E-state index is 13.4. The smallest absolute Gasteiger partial charge is 0.414 e. The molecule has 0 radical (unpaired) electrons. The van der Waals surface area contributed by atoms with Gasteiger partial charge in [-0.15, -0.1) is 0 Å². The number of amides is 3. The van der Waals surface area contributed by atoms with E-state index in [9.17, 15) is 14.4 Å². The van der Waals surface area contributed by atoms with Crippen LogP contribution in [0.3, 0.4) is 0 Å². The number of halogens is 2. The summed E-state index contributed by atoms with van der Waals surface area (Å²) in [4.78, 5) is 46.6.